The van der Waals surface area contributed by atoms with E-state index in [0.29, 0.717) is 4.57 Å². The van der Waals surface area contributed by atoms with Crippen LogP contribution in [0.15, 0.2) is 39.9 Å². The fourth-order valence-corrected chi connectivity index (χ4v) is 1.98. The molecule has 0 bridgehead atoms. The summed E-state index contributed by atoms with van der Waals surface area (Å²) in [5.74, 6) is -0.100. The van der Waals surface area contributed by atoms with Gasteiger partial charge in [0.1, 0.15) is 0 Å². The molecule has 1 aromatic carbocycles. The van der Waals surface area contributed by atoms with Gasteiger partial charge in [0, 0.05) is 20.6 Å². The molecule has 21 heavy (non-hydrogen) atoms. The number of anilines is 1. The standard InChI is InChI=1S/C13H14N4O4/c1-15-11(14-8-9-6-4-3-5-7-9)10(17(20)21)12(18)16(2)13(15)19/h3-7,14H,8H2,1-2H3. The minimum atomic E-state index is -0.932. The van der Waals surface area contributed by atoms with Crippen molar-refractivity contribution in [2.24, 2.45) is 14.1 Å². The lowest BCUT2D eigenvalue weighted by Gasteiger charge is -2.12. The molecule has 0 atom stereocenters. The third-order valence-electron chi connectivity index (χ3n) is 3.13. The van der Waals surface area contributed by atoms with E-state index in [4.69, 9.17) is 0 Å². The number of rotatable bonds is 4. The quantitative estimate of drug-likeness (QED) is 0.656. The average molecular weight is 290 g/mol. The highest BCUT2D eigenvalue weighted by Gasteiger charge is 2.25. The Hall–Kier alpha value is -2.90. The van der Waals surface area contributed by atoms with Crippen LogP contribution >= 0.6 is 0 Å². The molecule has 0 saturated heterocycles. The van der Waals surface area contributed by atoms with E-state index in [0.717, 1.165) is 10.1 Å². The van der Waals surface area contributed by atoms with E-state index in [9.17, 15) is 19.7 Å². The molecule has 0 spiro atoms. The van der Waals surface area contributed by atoms with Crippen molar-refractivity contribution in [1.82, 2.24) is 9.13 Å². The third-order valence-corrected chi connectivity index (χ3v) is 3.13. The van der Waals surface area contributed by atoms with Crippen LogP contribution in [-0.2, 0) is 20.6 Å². The van der Waals surface area contributed by atoms with Gasteiger partial charge in [-0.25, -0.2) is 4.79 Å². The maximum Gasteiger partial charge on any atom is 0.374 e. The van der Waals surface area contributed by atoms with Gasteiger partial charge in [-0.3, -0.25) is 24.0 Å². The zero-order valence-electron chi connectivity index (χ0n) is 11.6. The number of nitrogens with zero attached hydrogens (tertiary/aromatic N) is 3. The van der Waals surface area contributed by atoms with Crippen molar-refractivity contribution in [1.29, 1.82) is 0 Å². The fraction of sp³-hybridized carbons (Fsp3) is 0.231. The maximum absolute atomic E-state index is 11.9. The molecular weight excluding hydrogens is 276 g/mol. The van der Waals surface area contributed by atoms with Gasteiger partial charge in [-0.2, -0.15) is 0 Å². The van der Waals surface area contributed by atoms with Crippen molar-refractivity contribution in [3.8, 4) is 0 Å². The van der Waals surface area contributed by atoms with Gasteiger partial charge in [-0.1, -0.05) is 30.3 Å². The maximum atomic E-state index is 11.9. The SMILES string of the molecule is Cn1c(NCc2ccccc2)c([N+](=O)[O-])c(=O)n(C)c1=O. The summed E-state index contributed by atoms with van der Waals surface area (Å²) < 4.78 is 1.77. The molecule has 2 aromatic rings. The van der Waals surface area contributed by atoms with Crippen LogP contribution in [0.1, 0.15) is 5.56 Å². The van der Waals surface area contributed by atoms with E-state index in [2.05, 4.69) is 5.32 Å². The van der Waals surface area contributed by atoms with Crippen molar-refractivity contribution in [2.75, 3.05) is 5.32 Å². The largest absolute Gasteiger partial charge is 0.374 e. The lowest BCUT2D eigenvalue weighted by Crippen LogP contribution is -2.39. The number of nitrogens with one attached hydrogen (secondary N) is 1. The predicted octanol–water partition coefficient (Wildman–Crippen LogP) is 0.604. The molecule has 0 amide bonds. The van der Waals surface area contributed by atoms with Gasteiger partial charge in [0.15, 0.2) is 5.82 Å². The van der Waals surface area contributed by atoms with Gasteiger partial charge in [0.25, 0.3) is 0 Å². The van der Waals surface area contributed by atoms with Crippen LogP contribution in [0.4, 0.5) is 11.5 Å². The third kappa shape index (κ3) is 2.69. The van der Waals surface area contributed by atoms with Crippen LogP contribution in [0.3, 0.4) is 0 Å². The highest BCUT2D eigenvalue weighted by molar-refractivity contribution is 5.55. The van der Waals surface area contributed by atoms with E-state index < -0.39 is 21.9 Å². The molecular formula is C13H14N4O4. The average Bonchev–Trinajstić information content (AvgIpc) is 2.48. The monoisotopic (exact) mass is 290 g/mol. The van der Waals surface area contributed by atoms with E-state index >= 15 is 0 Å². The lowest BCUT2D eigenvalue weighted by molar-refractivity contribution is -0.386. The molecule has 1 N–H and O–H groups in total. The molecule has 0 aliphatic rings. The molecule has 0 unspecified atom stereocenters. The Morgan fingerprint density at radius 1 is 1.14 bits per heavy atom. The van der Waals surface area contributed by atoms with Crippen LogP contribution < -0.4 is 16.6 Å². The number of benzene rings is 1. The van der Waals surface area contributed by atoms with Gasteiger partial charge >= 0.3 is 16.9 Å². The molecule has 0 fully saturated rings. The summed E-state index contributed by atoms with van der Waals surface area (Å²) in [6.07, 6.45) is 0. The second-order valence-electron chi connectivity index (χ2n) is 4.50. The Kier molecular flexibility index (Phi) is 3.88. The summed E-state index contributed by atoms with van der Waals surface area (Å²) in [6, 6.07) is 9.17. The first-order valence-electron chi connectivity index (χ1n) is 6.15. The molecule has 110 valence electrons. The van der Waals surface area contributed by atoms with E-state index in [1.165, 1.54) is 14.1 Å². The van der Waals surface area contributed by atoms with E-state index in [1.54, 1.807) is 0 Å². The number of nitro groups is 1. The Balaban J connectivity index is 2.50. The summed E-state index contributed by atoms with van der Waals surface area (Å²) >= 11 is 0. The number of hydrogen-bond acceptors (Lipinski definition) is 5. The van der Waals surface area contributed by atoms with E-state index in [1.807, 2.05) is 30.3 Å². The second-order valence-corrected chi connectivity index (χ2v) is 4.50. The minimum Gasteiger partial charge on any atom is -0.361 e. The lowest BCUT2D eigenvalue weighted by atomic mass is 10.2. The minimum absolute atomic E-state index is 0.100. The smallest absolute Gasteiger partial charge is 0.361 e. The summed E-state index contributed by atoms with van der Waals surface area (Å²) in [4.78, 5) is 34.1. The highest BCUT2D eigenvalue weighted by Crippen LogP contribution is 2.17. The van der Waals surface area contributed by atoms with E-state index in [-0.39, 0.29) is 12.4 Å². The number of hydrogen-bond donors (Lipinski definition) is 1. The van der Waals surface area contributed by atoms with Crippen LogP contribution in [-0.4, -0.2) is 14.1 Å². The molecule has 2 rings (SSSR count). The normalized spacial score (nSPS) is 10.4. The molecule has 8 heteroatoms. The zero-order valence-corrected chi connectivity index (χ0v) is 11.6. The topological polar surface area (TPSA) is 99.2 Å². The Labute approximate surface area is 119 Å². The van der Waals surface area contributed by atoms with Gasteiger partial charge in [0.05, 0.1) is 4.92 Å². The van der Waals surface area contributed by atoms with Crippen LogP contribution in [0.25, 0.3) is 0 Å². The molecule has 1 aromatic heterocycles. The molecule has 0 saturated carbocycles. The zero-order chi connectivity index (χ0) is 15.6. The van der Waals surface area contributed by atoms with Gasteiger partial charge in [-0.05, 0) is 5.56 Å². The van der Waals surface area contributed by atoms with Crippen molar-refractivity contribution in [3.63, 3.8) is 0 Å². The highest BCUT2D eigenvalue weighted by atomic mass is 16.6. The Morgan fingerprint density at radius 2 is 1.76 bits per heavy atom. The van der Waals surface area contributed by atoms with Crippen LogP contribution in [0, 0.1) is 10.1 Å². The Morgan fingerprint density at radius 3 is 2.33 bits per heavy atom. The van der Waals surface area contributed by atoms with Crippen LogP contribution in [0.2, 0.25) is 0 Å². The summed E-state index contributed by atoms with van der Waals surface area (Å²) in [6.45, 7) is 0.266. The first-order chi connectivity index (χ1) is 9.93. The van der Waals surface area contributed by atoms with Crippen molar-refractivity contribution >= 4 is 11.5 Å². The second kappa shape index (κ2) is 5.61. The number of aromatic nitrogens is 2. The molecule has 0 aliphatic heterocycles. The summed E-state index contributed by atoms with van der Waals surface area (Å²) in [5.41, 5.74) is -1.32. The molecule has 8 nitrogen and oxygen atoms in total. The van der Waals surface area contributed by atoms with Gasteiger partial charge < -0.3 is 5.32 Å². The first-order valence-corrected chi connectivity index (χ1v) is 6.15. The molecule has 0 aliphatic carbocycles. The van der Waals surface area contributed by atoms with Crippen molar-refractivity contribution in [2.45, 2.75) is 6.54 Å². The van der Waals surface area contributed by atoms with Gasteiger partial charge in [0.2, 0.25) is 0 Å². The van der Waals surface area contributed by atoms with Crippen molar-refractivity contribution in [3.05, 3.63) is 66.8 Å². The summed E-state index contributed by atoms with van der Waals surface area (Å²) in [5, 5.41) is 13.9. The van der Waals surface area contributed by atoms with Crippen molar-refractivity contribution < 1.29 is 4.92 Å². The fourth-order valence-electron chi connectivity index (χ4n) is 1.98. The summed E-state index contributed by atoms with van der Waals surface area (Å²) in [7, 11) is 2.58. The van der Waals surface area contributed by atoms with Gasteiger partial charge in [-0.15, -0.1) is 0 Å². The first kappa shape index (κ1) is 14.5. The molecule has 0 radical (unpaired) electrons. The molecule has 1 heterocycles. The van der Waals surface area contributed by atoms with Crippen LogP contribution in [0.5, 0.6) is 0 Å². The predicted molar refractivity (Wildman–Crippen MR) is 77.3 cm³/mol. The Bertz CT molecular complexity index is 792.